The highest BCUT2D eigenvalue weighted by Gasteiger charge is 2.60. The zero-order valence-corrected chi connectivity index (χ0v) is 14.6. The van der Waals surface area contributed by atoms with Crippen molar-refractivity contribution in [1.82, 2.24) is 5.06 Å². The Morgan fingerprint density at radius 3 is 2.76 bits per heavy atom. The van der Waals surface area contributed by atoms with Crippen LogP contribution in [0.1, 0.15) is 44.1 Å². The minimum absolute atomic E-state index is 0.0263. The van der Waals surface area contributed by atoms with Crippen LogP contribution in [0, 0.1) is 5.92 Å². The van der Waals surface area contributed by atoms with E-state index in [0.29, 0.717) is 13.2 Å². The van der Waals surface area contributed by atoms with E-state index >= 15 is 0 Å². The molecule has 1 aliphatic carbocycles. The van der Waals surface area contributed by atoms with E-state index in [-0.39, 0.29) is 30.4 Å². The molecule has 0 radical (unpaired) electrons. The molecule has 0 unspecified atom stereocenters. The lowest BCUT2D eigenvalue weighted by Crippen LogP contribution is -2.57. The number of hydrogen-bond donors (Lipinski definition) is 0. The molecular weight excluding hydrogens is 318 g/mol. The number of carbonyl (C=O) groups excluding carboxylic acids is 1. The molecule has 1 spiro atoms. The Hall–Kier alpha value is -1.27. The second kappa shape index (κ2) is 7.54. The standard InChI is InChI=1S/C20H27NO4/c22-12-18-19-9-5-11-20(18)10-4-8-17(21(20)25-19)14-24-15-23-13-16-6-2-1-3-7-16/h1-3,6-7,12,17-19H,4-5,8-11,13-15H2/t17-,18+,19-,20+/m0/s1. The van der Waals surface area contributed by atoms with Crippen molar-refractivity contribution >= 4 is 6.29 Å². The molecule has 2 bridgehead atoms. The Morgan fingerprint density at radius 2 is 1.96 bits per heavy atom. The van der Waals surface area contributed by atoms with Gasteiger partial charge in [0.2, 0.25) is 0 Å². The van der Waals surface area contributed by atoms with Crippen LogP contribution in [0.15, 0.2) is 30.3 Å². The van der Waals surface area contributed by atoms with Crippen molar-refractivity contribution in [2.75, 3.05) is 13.4 Å². The lowest BCUT2D eigenvalue weighted by Gasteiger charge is -2.47. The summed E-state index contributed by atoms with van der Waals surface area (Å²) in [6.07, 6.45) is 7.67. The molecule has 0 N–H and O–H groups in total. The third-order valence-corrected chi connectivity index (χ3v) is 6.02. The van der Waals surface area contributed by atoms with Crippen molar-refractivity contribution < 1.29 is 19.1 Å². The lowest BCUT2D eigenvalue weighted by atomic mass is 9.68. The maximum Gasteiger partial charge on any atom is 0.147 e. The topological polar surface area (TPSA) is 48.0 Å². The molecule has 0 aromatic heterocycles. The van der Waals surface area contributed by atoms with Gasteiger partial charge in [0.25, 0.3) is 0 Å². The molecule has 3 fully saturated rings. The molecule has 1 aromatic carbocycles. The number of piperidine rings is 1. The van der Waals surface area contributed by atoms with E-state index < -0.39 is 0 Å². The maximum absolute atomic E-state index is 11.7. The quantitative estimate of drug-likeness (QED) is 0.432. The van der Waals surface area contributed by atoms with Gasteiger partial charge in [0.05, 0.1) is 36.8 Å². The van der Waals surface area contributed by atoms with Crippen molar-refractivity contribution in [2.24, 2.45) is 5.92 Å². The fourth-order valence-corrected chi connectivity index (χ4v) is 4.88. The largest absolute Gasteiger partial charge is 0.354 e. The van der Waals surface area contributed by atoms with Crippen molar-refractivity contribution in [3.8, 4) is 0 Å². The molecule has 2 heterocycles. The van der Waals surface area contributed by atoms with Crippen LogP contribution in [0.5, 0.6) is 0 Å². The van der Waals surface area contributed by atoms with Crippen LogP contribution in [-0.4, -0.2) is 42.4 Å². The summed E-state index contributed by atoms with van der Waals surface area (Å²) in [5.74, 6) is 0.0263. The van der Waals surface area contributed by atoms with Crippen LogP contribution in [0.2, 0.25) is 0 Å². The second-order valence-corrected chi connectivity index (χ2v) is 7.50. The van der Waals surface area contributed by atoms with Crippen molar-refractivity contribution in [3.63, 3.8) is 0 Å². The summed E-state index contributed by atoms with van der Waals surface area (Å²) in [6.45, 7) is 1.44. The number of hydroxylamine groups is 2. The van der Waals surface area contributed by atoms with Crippen LogP contribution in [0.25, 0.3) is 0 Å². The molecule has 4 rings (SSSR count). The highest BCUT2D eigenvalue weighted by molar-refractivity contribution is 5.58. The van der Waals surface area contributed by atoms with Gasteiger partial charge in [-0.3, -0.25) is 4.84 Å². The molecule has 25 heavy (non-hydrogen) atoms. The molecule has 1 saturated carbocycles. The number of rotatable bonds is 7. The summed E-state index contributed by atoms with van der Waals surface area (Å²) < 4.78 is 11.4. The lowest BCUT2D eigenvalue weighted by molar-refractivity contribution is -0.235. The minimum atomic E-state index is -0.0815. The van der Waals surface area contributed by atoms with Gasteiger partial charge in [0.1, 0.15) is 13.1 Å². The van der Waals surface area contributed by atoms with E-state index in [1.807, 2.05) is 30.3 Å². The average molecular weight is 345 g/mol. The van der Waals surface area contributed by atoms with Crippen LogP contribution < -0.4 is 0 Å². The van der Waals surface area contributed by atoms with E-state index in [1.165, 1.54) is 0 Å². The van der Waals surface area contributed by atoms with Gasteiger partial charge in [0.15, 0.2) is 0 Å². The maximum atomic E-state index is 11.7. The van der Waals surface area contributed by atoms with E-state index in [2.05, 4.69) is 5.06 Å². The van der Waals surface area contributed by atoms with Crippen molar-refractivity contribution in [1.29, 1.82) is 0 Å². The number of carbonyl (C=O) groups is 1. The molecule has 3 aliphatic rings. The van der Waals surface area contributed by atoms with Gasteiger partial charge in [-0.2, -0.15) is 5.06 Å². The molecule has 5 nitrogen and oxygen atoms in total. The zero-order chi connectivity index (χ0) is 17.1. The number of benzene rings is 1. The number of nitrogens with zero attached hydrogens (tertiary/aromatic N) is 1. The molecule has 136 valence electrons. The summed E-state index contributed by atoms with van der Waals surface area (Å²) in [5, 5.41) is 2.14. The van der Waals surface area contributed by atoms with Crippen LogP contribution in [0.4, 0.5) is 0 Å². The van der Waals surface area contributed by atoms with E-state index in [0.717, 1.165) is 50.4 Å². The first-order chi connectivity index (χ1) is 12.3. The van der Waals surface area contributed by atoms with E-state index in [9.17, 15) is 4.79 Å². The minimum Gasteiger partial charge on any atom is -0.354 e. The fraction of sp³-hybridized carbons (Fsp3) is 0.650. The third kappa shape index (κ3) is 3.26. The number of ether oxygens (including phenoxy) is 2. The molecule has 4 atom stereocenters. The van der Waals surface area contributed by atoms with E-state index in [1.54, 1.807) is 0 Å². The van der Waals surface area contributed by atoms with Gasteiger partial charge >= 0.3 is 0 Å². The van der Waals surface area contributed by atoms with Gasteiger partial charge in [-0.1, -0.05) is 30.3 Å². The first kappa shape index (κ1) is 17.2. The monoisotopic (exact) mass is 345 g/mol. The molecule has 5 heteroatoms. The number of hydrogen-bond acceptors (Lipinski definition) is 5. The van der Waals surface area contributed by atoms with Gasteiger partial charge in [0, 0.05) is 0 Å². The van der Waals surface area contributed by atoms with Gasteiger partial charge in [-0.05, 0) is 44.1 Å². The molecular formula is C20H27NO4. The Balaban J connectivity index is 1.29. The summed E-state index contributed by atoms with van der Waals surface area (Å²) in [4.78, 5) is 17.9. The molecule has 0 amide bonds. The smallest absolute Gasteiger partial charge is 0.147 e. The Labute approximate surface area is 149 Å². The van der Waals surface area contributed by atoms with Gasteiger partial charge < -0.3 is 14.3 Å². The zero-order valence-electron chi connectivity index (χ0n) is 14.6. The predicted molar refractivity (Wildman–Crippen MR) is 92.5 cm³/mol. The number of fused-ring (bicyclic) bond motifs is 1. The second-order valence-electron chi connectivity index (χ2n) is 7.50. The Bertz CT molecular complexity index is 576. The summed E-state index contributed by atoms with van der Waals surface area (Å²) in [7, 11) is 0. The highest BCUT2D eigenvalue weighted by Crippen LogP contribution is 2.52. The van der Waals surface area contributed by atoms with E-state index in [4.69, 9.17) is 14.3 Å². The molecule has 2 aliphatic heterocycles. The van der Waals surface area contributed by atoms with Gasteiger partial charge in [-0.25, -0.2) is 0 Å². The summed E-state index contributed by atoms with van der Waals surface area (Å²) in [6, 6.07) is 10.3. The third-order valence-electron chi connectivity index (χ3n) is 6.02. The summed E-state index contributed by atoms with van der Waals surface area (Å²) in [5.41, 5.74) is 1.06. The van der Waals surface area contributed by atoms with Crippen LogP contribution in [0.3, 0.4) is 0 Å². The normalized spacial score (nSPS) is 34.6. The van der Waals surface area contributed by atoms with Crippen LogP contribution >= 0.6 is 0 Å². The predicted octanol–water partition coefficient (Wildman–Crippen LogP) is 3.08. The molecule has 2 saturated heterocycles. The number of aldehydes is 1. The Morgan fingerprint density at radius 1 is 1.16 bits per heavy atom. The van der Waals surface area contributed by atoms with Crippen molar-refractivity contribution in [2.45, 2.75) is 62.8 Å². The summed E-state index contributed by atoms with van der Waals surface area (Å²) >= 11 is 0. The molecule has 1 aromatic rings. The first-order valence-corrected chi connectivity index (χ1v) is 9.44. The first-order valence-electron chi connectivity index (χ1n) is 9.44. The Kier molecular flexibility index (Phi) is 5.17. The fourth-order valence-electron chi connectivity index (χ4n) is 4.88. The van der Waals surface area contributed by atoms with Crippen LogP contribution in [-0.2, 0) is 25.7 Å². The highest BCUT2D eigenvalue weighted by atomic mass is 16.7. The van der Waals surface area contributed by atoms with Gasteiger partial charge in [-0.15, -0.1) is 0 Å². The average Bonchev–Trinajstić information content (AvgIpc) is 2.83. The SMILES string of the molecule is O=C[C@@H]1[C@@H]2CCC[C@]13CCC[C@@H](COCOCc1ccccc1)N3O2. The van der Waals surface area contributed by atoms with Crippen molar-refractivity contribution in [3.05, 3.63) is 35.9 Å².